The molecule has 1 aromatic carbocycles. The van der Waals surface area contributed by atoms with Gasteiger partial charge >= 0.3 is 5.97 Å². The van der Waals surface area contributed by atoms with Gasteiger partial charge in [0.1, 0.15) is 5.67 Å². The van der Waals surface area contributed by atoms with E-state index in [1.54, 1.807) is 19.1 Å². The maximum Gasteiger partial charge on any atom is 0.305 e. The Bertz CT molecular complexity index is 377. The van der Waals surface area contributed by atoms with Crippen molar-refractivity contribution in [3.05, 3.63) is 35.9 Å². The molecule has 0 aromatic heterocycles. The Labute approximate surface area is 94.4 Å². The number of halogens is 1. The normalized spacial score (nSPS) is 27.5. The van der Waals surface area contributed by atoms with Crippen molar-refractivity contribution in [2.24, 2.45) is 5.92 Å². The Kier molecular flexibility index (Phi) is 2.95. The second kappa shape index (κ2) is 4.24. The van der Waals surface area contributed by atoms with Crippen LogP contribution in [0.25, 0.3) is 0 Å². The van der Waals surface area contributed by atoms with Crippen molar-refractivity contribution in [3.8, 4) is 0 Å². The number of ether oxygens (including phenoxy) is 1. The van der Waals surface area contributed by atoms with Crippen molar-refractivity contribution in [3.63, 3.8) is 0 Å². The first kappa shape index (κ1) is 11.1. The molecule has 2 nitrogen and oxygen atoms in total. The van der Waals surface area contributed by atoms with E-state index in [0.29, 0.717) is 18.4 Å². The molecule has 2 atom stereocenters. The van der Waals surface area contributed by atoms with Crippen molar-refractivity contribution >= 4 is 5.97 Å². The van der Waals surface area contributed by atoms with Crippen LogP contribution in [0, 0.1) is 5.92 Å². The predicted molar refractivity (Wildman–Crippen MR) is 58.6 cm³/mol. The molecule has 0 heterocycles. The van der Waals surface area contributed by atoms with Crippen LogP contribution in [0.5, 0.6) is 0 Å². The number of hydrogen-bond donors (Lipinski definition) is 0. The highest BCUT2D eigenvalue weighted by Crippen LogP contribution is 2.55. The van der Waals surface area contributed by atoms with Gasteiger partial charge in [-0.25, -0.2) is 4.39 Å². The first-order valence-corrected chi connectivity index (χ1v) is 5.57. The minimum Gasteiger partial charge on any atom is -0.465 e. The van der Waals surface area contributed by atoms with Gasteiger partial charge in [-0.2, -0.15) is 0 Å². The number of hydrogen-bond acceptors (Lipinski definition) is 2. The van der Waals surface area contributed by atoms with Crippen LogP contribution in [0.1, 0.15) is 25.3 Å². The first-order valence-electron chi connectivity index (χ1n) is 5.57. The maximum absolute atomic E-state index is 14.3. The largest absolute Gasteiger partial charge is 0.465 e. The van der Waals surface area contributed by atoms with E-state index in [9.17, 15) is 9.18 Å². The molecule has 0 unspecified atom stereocenters. The first-order chi connectivity index (χ1) is 7.66. The average molecular weight is 222 g/mol. The lowest BCUT2D eigenvalue weighted by Gasteiger charge is -2.08. The van der Waals surface area contributed by atoms with Crippen LogP contribution >= 0.6 is 0 Å². The quantitative estimate of drug-likeness (QED) is 0.732. The van der Waals surface area contributed by atoms with Crippen molar-refractivity contribution < 1.29 is 13.9 Å². The highest BCUT2D eigenvalue weighted by molar-refractivity contribution is 5.68. The van der Waals surface area contributed by atoms with E-state index < -0.39 is 5.67 Å². The smallest absolute Gasteiger partial charge is 0.305 e. The van der Waals surface area contributed by atoms with E-state index in [1.807, 2.05) is 18.2 Å². The topological polar surface area (TPSA) is 26.3 Å². The lowest BCUT2D eigenvalue weighted by molar-refractivity contribution is -0.144. The molecule has 0 aliphatic heterocycles. The summed E-state index contributed by atoms with van der Waals surface area (Å²) in [7, 11) is 0. The summed E-state index contributed by atoms with van der Waals surface area (Å²) in [5, 5.41) is 0. The molecule has 3 heteroatoms. The van der Waals surface area contributed by atoms with Gasteiger partial charge in [-0.1, -0.05) is 37.3 Å². The number of carbonyl (C=O) groups excluding carboxylic acids is 1. The maximum atomic E-state index is 14.3. The van der Waals surface area contributed by atoms with Gasteiger partial charge in [0.25, 0.3) is 0 Å². The van der Waals surface area contributed by atoms with Crippen LogP contribution in [-0.2, 0) is 15.2 Å². The molecule has 1 aliphatic carbocycles. The molecule has 0 spiro atoms. The van der Waals surface area contributed by atoms with Gasteiger partial charge in [0, 0.05) is 12.3 Å². The van der Waals surface area contributed by atoms with Gasteiger partial charge in [0.2, 0.25) is 0 Å². The fourth-order valence-electron chi connectivity index (χ4n) is 1.86. The highest BCUT2D eigenvalue weighted by Gasteiger charge is 2.57. The molecule has 2 rings (SSSR count). The van der Waals surface area contributed by atoms with Gasteiger partial charge in [-0.3, -0.25) is 4.79 Å². The summed E-state index contributed by atoms with van der Waals surface area (Å²) in [5.74, 6) is -0.437. The summed E-state index contributed by atoms with van der Waals surface area (Å²) in [6, 6.07) is 9.07. The van der Waals surface area contributed by atoms with Gasteiger partial charge < -0.3 is 4.74 Å². The van der Waals surface area contributed by atoms with Crippen LogP contribution in [0.4, 0.5) is 4.39 Å². The number of esters is 1. The second-order valence-electron chi connectivity index (χ2n) is 4.17. The number of benzene rings is 1. The zero-order valence-electron chi connectivity index (χ0n) is 9.28. The van der Waals surface area contributed by atoms with Crippen LogP contribution < -0.4 is 0 Å². The summed E-state index contributed by atoms with van der Waals surface area (Å²) in [5.41, 5.74) is -0.595. The summed E-state index contributed by atoms with van der Waals surface area (Å²) < 4.78 is 19.2. The second-order valence-corrected chi connectivity index (χ2v) is 4.17. The van der Waals surface area contributed by atoms with E-state index >= 15 is 0 Å². The lowest BCUT2D eigenvalue weighted by Crippen LogP contribution is -2.10. The van der Waals surface area contributed by atoms with E-state index in [1.165, 1.54) is 0 Å². The lowest BCUT2D eigenvalue weighted by atomic mass is 10.1. The molecule has 1 saturated carbocycles. The van der Waals surface area contributed by atoms with Crippen LogP contribution in [-0.4, -0.2) is 12.6 Å². The van der Waals surface area contributed by atoms with Crippen molar-refractivity contribution in [2.45, 2.75) is 25.4 Å². The molecular weight excluding hydrogens is 207 g/mol. The molecule has 1 aliphatic rings. The third kappa shape index (κ3) is 2.08. The highest BCUT2D eigenvalue weighted by atomic mass is 19.1. The fourth-order valence-corrected chi connectivity index (χ4v) is 1.86. The fraction of sp³-hybridized carbons (Fsp3) is 0.462. The third-order valence-electron chi connectivity index (χ3n) is 3.02. The minimum absolute atomic E-state index is 0.176. The van der Waals surface area contributed by atoms with Crippen molar-refractivity contribution in [1.29, 1.82) is 0 Å². The Morgan fingerprint density at radius 3 is 2.81 bits per heavy atom. The molecule has 1 fully saturated rings. The Hall–Kier alpha value is -1.38. The third-order valence-corrected chi connectivity index (χ3v) is 3.02. The Balaban J connectivity index is 1.92. The van der Waals surface area contributed by atoms with E-state index in [-0.39, 0.29) is 18.5 Å². The van der Waals surface area contributed by atoms with Crippen LogP contribution in [0.15, 0.2) is 30.3 Å². The molecule has 0 N–H and O–H groups in total. The summed E-state index contributed by atoms with van der Waals surface area (Å²) in [6.45, 7) is 1.92. The molecule has 0 amide bonds. The summed E-state index contributed by atoms with van der Waals surface area (Å²) in [6.07, 6.45) is 0.797. The Morgan fingerprint density at radius 2 is 2.19 bits per heavy atom. The Morgan fingerprint density at radius 1 is 1.50 bits per heavy atom. The molecule has 86 valence electrons. The molecule has 0 saturated heterocycles. The average Bonchev–Trinajstić information content (AvgIpc) is 3.00. The number of carbonyl (C=O) groups is 1. The van der Waals surface area contributed by atoms with E-state index in [0.717, 1.165) is 0 Å². The zero-order valence-corrected chi connectivity index (χ0v) is 9.28. The molecular formula is C13H15FO2. The summed E-state index contributed by atoms with van der Waals surface area (Å²) >= 11 is 0. The standard InChI is InChI=1S/C13H15FO2/c1-2-12(15)16-9-11-8-13(11,14)10-6-4-3-5-7-10/h3-7,11H,2,8-9H2,1H3/t11-,13+/m0/s1. The van der Waals surface area contributed by atoms with E-state index in [4.69, 9.17) is 4.74 Å². The number of alkyl halides is 1. The zero-order chi connectivity index (χ0) is 11.6. The molecule has 16 heavy (non-hydrogen) atoms. The van der Waals surface area contributed by atoms with Crippen LogP contribution in [0.2, 0.25) is 0 Å². The predicted octanol–water partition coefficient (Wildman–Crippen LogP) is 2.82. The van der Waals surface area contributed by atoms with Crippen molar-refractivity contribution in [1.82, 2.24) is 0 Å². The number of rotatable bonds is 4. The van der Waals surface area contributed by atoms with Crippen LogP contribution in [0.3, 0.4) is 0 Å². The van der Waals surface area contributed by atoms with E-state index in [2.05, 4.69) is 0 Å². The molecule has 0 radical (unpaired) electrons. The molecule has 1 aromatic rings. The van der Waals surface area contributed by atoms with Gasteiger partial charge in [0.15, 0.2) is 0 Å². The minimum atomic E-state index is -1.28. The molecule has 0 bridgehead atoms. The monoisotopic (exact) mass is 222 g/mol. The van der Waals surface area contributed by atoms with Crippen molar-refractivity contribution in [2.75, 3.05) is 6.61 Å². The van der Waals surface area contributed by atoms with Gasteiger partial charge in [-0.05, 0) is 12.0 Å². The van der Waals surface area contributed by atoms with Gasteiger partial charge in [0.05, 0.1) is 6.61 Å². The SMILES string of the molecule is CCC(=O)OC[C@@H]1C[C@@]1(F)c1ccccc1. The summed E-state index contributed by atoms with van der Waals surface area (Å²) in [4.78, 5) is 10.9. The van der Waals surface area contributed by atoms with Gasteiger partial charge in [-0.15, -0.1) is 0 Å².